The number of halogens is 1. The Kier molecular flexibility index (Phi) is 7.80. The van der Waals surface area contributed by atoms with Gasteiger partial charge in [-0.1, -0.05) is 48.0 Å². The molecule has 0 spiro atoms. The topological polar surface area (TPSA) is 106 Å². The molecule has 1 fully saturated rings. The van der Waals surface area contributed by atoms with Gasteiger partial charge >= 0.3 is 11.8 Å². The Labute approximate surface area is 223 Å². The van der Waals surface area contributed by atoms with E-state index in [1.165, 1.54) is 4.57 Å². The van der Waals surface area contributed by atoms with Crippen LogP contribution in [-0.4, -0.2) is 58.4 Å². The number of ether oxygens (including phenoxy) is 2. The summed E-state index contributed by atoms with van der Waals surface area (Å²) < 4.78 is 13.8. The van der Waals surface area contributed by atoms with Crippen molar-refractivity contribution >= 4 is 32.9 Å². The smallest absolute Gasteiger partial charge is 0.410 e. The number of benzene rings is 2. The molecule has 1 aliphatic rings. The van der Waals surface area contributed by atoms with Gasteiger partial charge in [-0.3, -0.25) is 14.3 Å². The highest BCUT2D eigenvalue weighted by Crippen LogP contribution is 2.30. The van der Waals surface area contributed by atoms with E-state index in [4.69, 9.17) is 9.47 Å². The summed E-state index contributed by atoms with van der Waals surface area (Å²) in [6, 6.07) is 10.9. The standard InChI is InChI=1S/C27H33BrN4O5/c1-16(2)19-8-6-7-9-20(19)32-21-12-17(28)13-22(23(21)24(33)30-25(32)34)36-15-18-14-31(11-10-29-18)26(35)37-27(3,4)5/h6-9,12-13,16,18,29H,10-11,14-15H2,1-5H3,(H,30,33,34). The summed E-state index contributed by atoms with van der Waals surface area (Å²) in [5.74, 6) is 0.510. The normalized spacial score (nSPS) is 16.3. The third-order valence-corrected chi connectivity index (χ3v) is 6.54. The molecule has 1 atom stereocenters. The lowest BCUT2D eigenvalue weighted by Crippen LogP contribution is -2.55. The third-order valence-electron chi connectivity index (χ3n) is 6.08. The van der Waals surface area contributed by atoms with E-state index in [0.717, 1.165) is 5.56 Å². The van der Waals surface area contributed by atoms with Crippen molar-refractivity contribution in [2.75, 3.05) is 26.2 Å². The van der Waals surface area contributed by atoms with E-state index in [-0.39, 0.29) is 30.0 Å². The Morgan fingerprint density at radius 1 is 1.19 bits per heavy atom. The van der Waals surface area contributed by atoms with E-state index < -0.39 is 16.9 Å². The van der Waals surface area contributed by atoms with Crippen molar-refractivity contribution in [3.05, 3.63) is 67.3 Å². The molecule has 2 N–H and O–H groups in total. The van der Waals surface area contributed by atoms with Gasteiger partial charge < -0.3 is 19.7 Å². The van der Waals surface area contributed by atoms with Crippen LogP contribution in [0.25, 0.3) is 16.6 Å². The van der Waals surface area contributed by atoms with Crippen LogP contribution >= 0.6 is 15.9 Å². The summed E-state index contributed by atoms with van der Waals surface area (Å²) in [6.07, 6.45) is -0.365. The number of fused-ring (bicyclic) bond motifs is 1. The summed E-state index contributed by atoms with van der Waals surface area (Å²) in [5.41, 5.74) is 0.514. The number of hydrogen-bond donors (Lipinski definition) is 2. The van der Waals surface area contributed by atoms with E-state index in [1.54, 1.807) is 17.0 Å². The molecule has 10 heteroatoms. The molecule has 2 heterocycles. The van der Waals surface area contributed by atoms with Gasteiger partial charge in [0.25, 0.3) is 5.56 Å². The van der Waals surface area contributed by atoms with Crippen molar-refractivity contribution in [1.29, 1.82) is 0 Å². The first-order valence-electron chi connectivity index (χ1n) is 12.4. The van der Waals surface area contributed by atoms with Crippen LogP contribution in [-0.2, 0) is 4.74 Å². The van der Waals surface area contributed by atoms with Crippen LogP contribution in [0.5, 0.6) is 5.75 Å². The lowest BCUT2D eigenvalue weighted by Gasteiger charge is -2.34. The Hall–Kier alpha value is -3.11. The van der Waals surface area contributed by atoms with Crippen molar-refractivity contribution in [3.63, 3.8) is 0 Å². The largest absolute Gasteiger partial charge is 0.491 e. The fourth-order valence-electron chi connectivity index (χ4n) is 4.45. The van der Waals surface area contributed by atoms with Gasteiger partial charge in [-0.15, -0.1) is 0 Å². The number of amides is 1. The highest BCUT2D eigenvalue weighted by molar-refractivity contribution is 9.10. The first kappa shape index (κ1) is 26.9. The predicted molar refractivity (Wildman–Crippen MR) is 147 cm³/mol. The maximum Gasteiger partial charge on any atom is 0.410 e. The lowest BCUT2D eigenvalue weighted by molar-refractivity contribution is 0.0178. The predicted octanol–water partition coefficient (Wildman–Crippen LogP) is 4.15. The number of piperazine rings is 1. The Morgan fingerprint density at radius 2 is 1.92 bits per heavy atom. The number of rotatable bonds is 5. The number of carbonyl (C=O) groups excluding carboxylic acids is 1. The first-order valence-corrected chi connectivity index (χ1v) is 13.2. The molecule has 9 nitrogen and oxygen atoms in total. The third kappa shape index (κ3) is 6.07. The molecule has 1 unspecified atom stereocenters. The van der Waals surface area contributed by atoms with Gasteiger partial charge in [0.05, 0.1) is 17.2 Å². The van der Waals surface area contributed by atoms with Crippen LogP contribution < -0.4 is 21.3 Å². The zero-order valence-corrected chi connectivity index (χ0v) is 23.3. The summed E-state index contributed by atoms with van der Waals surface area (Å²) in [7, 11) is 0. The van der Waals surface area contributed by atoms with Gasteiger partial charge in [-0.25, -0.2) is 9.59 Å². The number of carbonyl (C=O) groups is 1. The zero-order chi connectivity index (χ0) is 26.9. The molecule has 198 valence electrons. The molecule has 37 heavy (non-hydrogen) atoms. The monoisotopic (exact) mass is 572 g/mol. The van der Waals surface area contributed by atoms with Gasteiger partial charge in [-0.2, -0.15) is 0 Å². The van der Waals surface area contributed by atoms with Gasteiger partial charge in [-0.05, 0) is 50.5 Å². The summed E-state index contributed by atoms with van der Waals surface area (Å²) in [4.78, 5) is 42.7. The second-order valence-electron chi connectivity index (χ2n) is 10.5. The lowest BCUT2D eigenvalue weighted by atomic mass is 10.0. The van der Waals surface area contributed by atoms with Crippen LogP contribution in [0.15, 0.2) is 50.5 Å². The van der Waals surface area contributed by atoms with Crippen molar-refractivity contribution in [1.82, 2.24) is 19.8 Å². The van der Waals surface area contributed by atoms with Crippen LogP contribution in [0.1, 0.15) is 46.1 Å². The van der Waals surface area contributed by atoms with Crippen LogP contribution in [0.4, 0.5) is 4.79 Å². The molecule has 0 aliphatic carbocycles. The number of H-pyrrole nitrogens is 1. The van der Waals surface area contributed by atoms with E-state index in [2.05, 4.69) is 40.1 Å². The summed E-state index contributed by atoms with van der Waals surface area (Å²) >= 11 is 3.52. The highest BCUT2D eigenvalue weighted by Gasteiger charge is 2.28. The molecular weight excluding hydrogens is 540 g/mol. The van der Waals surface area contributed by atoms with Crippen molar-refractivity contribution in [3.8, 4) is 11.4 Å². The van der Waals surface area contributed by atoms with E-state index >= 15 is 0 Å². The number of aromatic amines is 1. The molecule has 4 rings (SSSR count). The molecule has 0 saturated carbocycles. The SMILES string of the molecule is CC(C)c1ccccc1-n1c(=O)[nH]c(=O)c2c(OCC3CN(C(=O)OC(C)(C)C)CCN3)cc(Br)cc21. The molecule has 1 aromatic heterocycles. The number of nitrogens with zero attached hydrogens (tertiary/aromatic N) is 2. The summed E-state index contributed by atoms with van der Waals surface area (Å²) in [6.45, 7) is 11.4. The van der Waals surface area contributed by atoms with Gasteiger partial charge in [0.2, 0.25) is 0 Å². The maximum atomic E-state index is 13.0. The second kappa shape index (κ2) is 10.7. The fourth-order valence-corrected chi connectivity index (χ4v) is 4.87. The molecule has 2 aromatic carbocycles. The molecule has 1 amide bonds. The second-order valence-corrected chi connectivity index (χ2v) is 11.4. The first-order chi connectivity index (χ1) is 17.4. The van der Waals surface area contributed by atoms with E-state index in [1.807, 2.05) is 45.0 Å². The summed E-state index contributed by atoms with van der Waals surface area (Å²) in [5, 5.41) is 3.63. The number of aromatic nitrogens is 2. The fraction of sp³-hybridized carbons (Fsp3) is 0.444. The minimum Gasteiger partial charge on any atom is -0.491 e. The zero-order valence-electron chi connectivity index (χ0n) is 21.8. The van der Waals surface area contributed by atoms with Crippen molar-refractivity contribution in [2.24, 2.45) is 0 Å². The molecule has 0 radical (unpaired) electrons. The van der Waals surface area contributed by atoms with Crippen molar-refractivity contribution in [2.45, 2.75) is 52.2 Å². The Balaban J connectivity index is 1.67. The molecular formula is C27H33BrN4O5. The van der Waals surface area contributed by atoms with Crippen LogP contribution in [0, 0.1) is 0 Å². The molecule has 3 aromatic rings. The Morgan fingerprint density at radius 3 is 2.62 bits per heavy atom. The van der Waals surface area contributed by atoms with Gasteiger partial charge in [0.15, 0.2) is 0 Å². The maximum absolute atomic E-state index is 13.0. The van der Waals surface area contributed by atoms with Crippen molar-refractivity contribution < 1.29 is 14.3 Å². The average molecular weight is 573 g/mol. The molecule has 1 aliphatic heterocycles. The average Bonchev–Trinajstić information content (AvgIpc) is 2.81. The van der Waals surface area contributed by atoms with Gasteiger partial charge in [0, 0.05) is 24.1 Å². The van der Waals surface area contributed by atoms with E-state index in [0.29, 0.717) is 41.1 Å². The minimum atomic E-state index is -0.575. The molecule has 0 bridgehead atoms. The van der Waals surface area contributed by atoms with E-state index in [9.17, 15) is 14.4 Å². The minimum absolute atomic E-state index is 0.165. The van der Waals surface area contributed by atoms with Crippen LogP contribution in [0.2, 0.25) is 0 Å². The van der Waals surface area contributed by atoms with Crippen LogP contribution in [0.3, 0.4) is 0 Å². The number of nitrogens with one attached hydrogen (secondary N) is 2. The Bertz CT molecular complexity index is 1420. The highest BCUT2D eigenvalue weighted by atomic mass is 79.9. The molecule has 1 saturated heterocycles. The number of hydrogen-bond acceptors (Lipinski definition) is 6. The van der Waals surface area contributed by atoms with Gasteiger partial charge in [0.1, 0.15) is 23.3 Å². The quantitative estimate of drug-likeness (QED) is 0.475. The number of para-hydroxylation sites is 1.